The topological polar surface area (TPSA) is 56.2 Å². The van der Waals surface area contributed by atoms with E-state index in [1.165, 1.54) is 11.3 Å². The first-order valence-corrected chi connectivity index (χ1v) is 9.73. The van der Waals surface area contributed by atoms with E-state index in [-0.39, 0.29) is 11.3 Å². The summed E-state index contributed by atoms with van der Waals surface area (Å²) in [6, 6.07) is 10.1. The van der Waals surface area contributed by atoms with Crippen molar-refractivity contribution in [2.75, 3.05) is 13.2 Å². The number of hydrogen-bond donors (Lipinski definition) is 1. The summed E-state index contributed by atoms with van der Waals surface area (Å²) in [4.78, 5) is 12.8. The molecule has 0 radical (unpaired) electrons. The van der Waals surface area contributed by atoms with E-state index in [0.29, 0.717) is 13.2 Å². The Kier molecular flexibility index (Phi) is 4.81. The molecule has 0 bridgehead atoms. The van der Waals surface area contributed by atoms with Gasteiger partial charge in [0.1, 0.15) is 0 Å². The van der Waals surface area contributed by atoms with Gasteiger partial charge in [0.25, 0.3) is 0 Å². The predicted octanol–water partition coefficient (Wildman–Crippen LogP) is 2.76. The highest BCUT2D eigenvalue weighted by atomic mass is 16.5. The second kappa shape index (κ2) is 7.23. The summed E-state index contributed by atoms with van der Waals surface area (Å²) in [5.74, 6) is 0.154. The Balaban J connectivity index is 1.40. The first kappa shape index (κ1) is 17.3. The minimum Gasteiger partial charge on any atom is -0.376 e. The lowest BCUT2D eigenvalue weighted by Crippen LogP contribution is -2.36. The van der Waals surface area contributed by atoms with Crippen LogP contribution in [0.4, 0.5) is 0 Å². The van der Waals surface area contributed by atoms with Gasteiger partial charge in [0.05, 0.1) is 24.3 Å². The predicted molar refractivity (Wildman–Crippen MR) is 99.9 cm³/mol. The number of carbonyl (C=O) groups is 1. The fraction of sp³-hybridized carbons (Fsp3) is 0.524. The Bertz CT molecular complexity index is 778. The zero-order valence-electron chi connectivity index (χ0n) is 15.5. The third-order valence-electron chi connectivity index (χ3n) is 5.57. The molecule has 1 aliphatic carbocycles. The summed E-state index contributed by atoms with van der Waals surface area (Å²) in [7, 11) is 0. The lowest BCUT2D eigenvalue weighted by Gasteiger charge is -2.16. The molecule has 0 saturated heterocycles. The molecule has 138 valence electrons. The molecule has 2 aromatic rings. The van der Waals surface area contributed by atoms with Crippen molar-refractivity contribution in [2.45, 2.75) is 57.6 Å². The van der Waals surface area contributed by atoms with E-state index in [0.717, 1.165) is 56.5 Å². The summed E-state index contributed by atoms with van der Waals surface area (Å²) in [6.45, 7) is 5.18. The summed E-state index contributed by atoms with van der Waals surface area (Å²) >= 11 is 0. The first-order valence-electron chi connectivity index (χ1n) is 9.73. The molecule has 1 aromatic carbocycles. The molecule has 1 aromatic heterocycles. The summed E-state index contributed by atoms with van der Waals surface area (Å²) in [5, 5.41) is 7.95. The molecule has 0 unspecified atom stereocenters. The molecule has 1 aliphatic heterocycles. The van der Waals surface area contributed by atoms with Crippen LogP contribution in [0.25, 0.3) is 0 Å². The number of nitrogens with one attached hydrogen (secondary N) is 1. The molecule has 4 rings (SSSR count). The molecule has 5 nitrogen and oxygen atoms in total. The number of ether oxygens (including phenoxy) is 1. The molecule has 2 heterocycles. The normalized spacial score (nSPS) is 17.6. The van der Waals surface area contributed by atoms with Gasteiger partial charge in [0.15, 0.2) is 0 Å². The maximum absolute atomic E-state index is 12.8. The molecule has 1 fully saturated rings. The average molecular weight is 353 g/mol. The number of benzene rings is 1. The van der Waals surface area contributed by atoms with Crippen molar-refractivity contribution in [3.05, 3.63) is 52.8 Å². The van der Waals surface area contributed by atoms with Gasteiger partial charge in [-0.2, -0.15) is 5.10 Å². The van der Waals surface area contributed by atoms with Gasteiger partial charge < -0.3 is 10.1 Å². The Morgan fingerprint density at radius 2 is 2.12 bits per heavy atom. The SMILES string of the molecule is CCCn1nc(CCNC(=O)C2(c3ccccc3)CC2)c2c1CCOC2. The second-order valence-electron chi connectivity index (χ2n) is 7.35. The molecule has 1 N–H and O–H groups in total. The van der Waals surface area contributed by atoms with Crippen LogP contribution in [0.3, 0.4) is 0 Å². The Hall–Kier alpha value is -2.14. The van der Waals surface area contributed by atoms with Crippen LogP contribution in [-0.4, -0.2) is 28.8 Å². The van der Waals surface area contributed by atoms with Gasteiger partial charge in [0, 0.05) is 37.2 Å². The van der Waals surface area contributed by atoms with Crippen molar-refractivity contribution in [1.82, 2.24) is 15.1 Å². The third-order valence-corrected chi connectivity index (χ3v) is 5.57. The number of aromatic nitrogens is 2. The van der Waals surface area contributed by atoms with Crippen molar-refractivity contribution in [3.63, 3.8) is 0 Å². The van der Waals surface area contributed by atoms with Crippen LogP contribution in [0.2, 0.25) is 0 Å². The second-order valence-corrected chi connectivity index (χ2v) is 7.35. The monoisotopic (exact) mass is 353 g/mol. The first-order chi connectivity index (χ1) is 12.7. The Morgan fingerprint density at radius 1 is 1.31 bits per heavy atom. The highest BCUT2D eigenvalue weighted by molar-refractivity contribution is 5.91. The molecule has 5 heteroatoms. The molecule has 1 saturated carbocycles. The lowest BCUT2D eigenvalue weighted by atomic mass is 9.95. The van der Waals surface area contributed by atoms with E-state index in [1.807, 2.05) is 18.2 Å². The molecule has 1 amide bonds. The van der Waals surface area contributed by atoms with Gasteiger partial charge in [-0.15, -0.1) is 0 Å². The Morgan fingerprint density at radius 3 is 2.85 bits per heavy atom. The van der Waals surface area contributed by atoms with E-state index in [2.05, 4.69) is 29.1 Å². The number of amides is 1. The van der Waals surface area contributed by atoms with Gasteiger partial charge in [0.2, 0.25) is 5.91 Å². The van der Waals surface area contributed by atoms with E-state index in [4.69, 9.17) is 9.84 Å². The van der Waals surface area contributed by atoms with E-state index >= 15 is 0 Å². The summed E-state index contributed by atoms with van der Waals surface area (Å²) in [6.07, 6.45) is 4.66. The van der Waals surface area contributed by atoms with Crippen molar-refractivity contribution < 1.29 is 9.53 Å². The smallest absolute Gasteiger partial charge is 0.230 e. The van der Waals surface area contributed by atoms with Crippen LogP contribution in [-0.2, 0) is 40.9 Å². The standard InChI is InChI=1S/C21H27N3O2/c1-2-13-24-19-9-14-26-15-17(19)18(23-24)8-12-22-20(25)21(10-11-21)16-6-4-3-5-7-16/h3-7H,2,8-15H2,1H3,(H,22,25). The maximum Gasteiger partial charge on any atom is 0.230 e. The number of hydrogen-bond acceptors (Lipinski definition) is 3. The lowest BCUT2D eigenvalue weighted by molar-refractivity contribution is -0.123. The van der Waals surface area contributed by atoms with Crippen molar-refractivity contribution >= 4 is 5.91 Å². The number of carbonyl (C=O) groups excluding carboxylic acids is 1. The number of fused-ring (bicyclic) bond motifs is 1. The zero-order valence-corrected chi connectivity index (χ0v) is 15.5. The van der Waals surface area contributed by atoms with E-state index < -0.39 is 0 Å². The van der Waals surface area contributed by atoms with E-state index in [9.17, 15) is 4.79 Å². The van der Waals surface area contributed by atoms with Crippen LogP contribution >= 0.6 is 0 Å². The fourth-order valence-corrected chi connectivity index (χ4v) is 3.97. The van der Waals surface area contributed by atoms with Crippen LogP contribution in [0.1, 0.15) is 48.7 Å². The molecule has 26 heavy (non-hydrogen) atoms. The largest absolute Gasteiger partial charge is 0.376 e. The fourth-order valence-electron chi connectivity index (χ4n) is 3.97. The van der Waals surface area contributed by atoms with Crippen molar-refractivity contribution in [3.8, 4) is 0 Å². The molecule has 0 atom stereocenters. The van der Waals surface area contributed by atoms with Gasteiger partial charge >= 0.3 is 0 Å². The number of aryl methyl sites for hydroxylation is 1. The minimum atomic E-state index is -0.300. The van der Waals surface area contributed by atoms with Gasteiger partial charge in [-0.05, 0) is 24.8 Å². The highest BCUT2D eigenvalue weighted by Crippen LogP contribution is 2.48. The Labute approximate surface area is 154 Å². The van der Waals surface area contributed by atoms with Gasteiger partial charge in [-0.1, -0.05) is 37.3 Å². The van der Waals surface area contributed by atoms with Crippen LogP contribution in [0, 0.1) is 0 Å². The summed E-state index contributed by atoms with van der Waals surface area (Å²) < 4.78 is 7.78. The highest BCUT2D eigenvalue weighted by Gasteiger charge is 2.50. The van der Waals surface area contributed by atoms with Crippen molar-refractivity contribution in [1.29, 1.82) is 0 Å². The number of nitrogens with zero attached hydrogens (tertiary/aromatic N) is 2. The van der Waals surface area contributed by atoms with Gasteiger partial charge in [-0.25, -0.2) is 0 Å². The molecule has 0 spiro atoms. The third kappa shape index (κ3) is 3.16. The summed E-state index contributed by atoms with van der Waals surface area (Å²) in [5.41, 5.74) is 4.48. The van der Waals surface area contributed by atoms with Crippen LogP contribution < -0.4 is 5.32 Å². The van der Waals surface area contributed by atoms with Gasteiger partial charge in [-0.3, -0.25) is 9.48 Å². The maximum atomic E-state index is 12.8. The molecular weight excluding hydrogens is 326 g/mol. The van der Waals surface area contributed by atoms with Crippen LogP contribution in [0.5, 0.6) is 0 Å². The minimum absolute atomic E-state index is 0.154. The molecule has 2 aliphatic rings. The zero-order chi connectivity index (χ0) is 18.0. The average Bonchev–Trinajstić information content (AvgIpc) is 3.43. The van der Waals surface area contributed by atoms with Crippen LogP contribution in [0.15, 0.2) is 30.3 Å². The quantitative estimate of drug-likeness (QED) is 0.833. The molecular formula is C21H27N3O2. The number of rotatable bonds is 7. The van der Waals surface area contributed by atoms with E-state index in [1.54, 1.807) is 0 Å². The van der Waals surface area contributed by atoms with Crippen molar-refractivity contribution in [2.24, 2.45) is 0 Å².